The summed E-state index contributed by atoms with van der Waals surface area (Å²) >= 11 is 6.01. The van der Waals surface area contributed by atoms with Crippen molar-refractivity contribution in [3.63, 3.8) is 0 Å². The summed E-state index contributed by atoms with van der Waals surface area (Å²) in [5.41, 5.74) is 1.91. The average Bonchev–Trinajstić information content (AvgIpc) is 2.53. The lowest BCUT2D eigenvalue weighted by Gasteiger charge is -2.18. The van der Waals surface area contributed by atoms with Gasteiger partial charge < -0.3 is 5.32 Å². The summed E-state index contributed by atoms with van der Waals surface area (Å²) in [6, 6.07) is 14.8. The second-order valence-corrected chi connectivity index (χ2v) is 7.17. The standard InChI is InChI=1S/C18H20ClNO2S/c1-3-17(14-5-4-6-15(19)12-14)20-18(21)11-13-7-9-16(10-8-13)23(2)22/h4-10,12,17H,3,11H2,1-2H3,(H,20,21)/t17-,23-/m1/s1. The van der Waals surface area contributed by atoms with Crippen LogP contribution in [0.4, 0.5) is 0 Å². The highest BCUT2D eigenvalue weighted by atomic mass is 35.5. The number of rotatable bonds is 6. The second kappa shape index (κ2) is 8.27. The van der Waals surface area contributed by atoms with Gasteiger partial charge in [-0.15, -0.1) is 0 Å². The van der Waals surface area contributed by atoms with Crippen LogP contribution >= 0.6 is 11.6 Å². The van der Waals surface area contributed by atoms with Gasteiger partial charge in [0.15, 0.2) is 0 Å². The topological polar surface area (TPSA) is 46.2 Å². The van der Waals surface area contributed by atoms with Gasteiger partial charge in [-0.1, -0.05) is 42.8 Å². The molecular weight excluding hydrogens is 330 g/mol. The fourth-order valence-electron chi connectivity index (χ4n) is 2.37. The first kappa shape index (κ1) is 17.7. The van der Waals surface area contributed by atoms with E-state index in [2.05, 4.69) is 5.32 Å². The van der Waals surface area contributed by atoms with E-state index in [0.717, 1.165) is 22.4 Å². The van der Waals surface area contributed by atoms with Gasteiger partial charge in [-0.05, 0) is 41.8 Å². The van der Waals surface area contributed by atoms with Crippen molar-refractivity contribution in [3.05, 3.63) is 64.7 Å². The lowest BCUT2D eigenvalue weighted by Crippen LogP contribution is -2.29. The van der Waals surface area contributed by atoms with E-state index in [4.69, 9.17) is 11.6 Å². The lowest BCUT2D eigenvalue weighted by molar-refractivity contribution is -0.121. The van der Waals surface area contributed by atoms with Gasteiger partial charge in [0, 0.05) is 27.0 Å². The van der Waals surface area contributed by atoms with Gasteiger partial charge in [0.1, 0.15) is 0 Å². The van der Waals surface area contributed by atoms with Crippen molar-refractivity contribution in [3.8, 4) is 0 Å². The summed E-state index contributed by atoms with van der Waals surface area (Å²) in [6.45, 7) is 2.03. The summed E-state index contributed by atoms with van der Waals surface area (Å²) in [5.74, 6) is -0.0396. The zero-order valence-electron chi connectivity index (χ0n) is 13.2. The van der Waals surface area contributed by atoms with Crippen LogP contribution in [0.5, 0.6) is 0 Å². The summed E-state index contributed by atoms with van der Waals surface area (Å²) in [4.78, 5) is 13.0. The van der Waals surface area contributed by atoms with Crippen molar-refractivity contribution >= 4 is 28.3 Å². The van der Waals surface area contributed by atoms with Gasteiger partial charge >= 0.3 is 0 Å². The maximum atomic E-state index is 12.3. The SMILES string of the molecule is CC[C@@H](NC(=O)Cc1ccc([S@@](C)=O)cc1)c1cccc(Cl)c1. The second-order valence-electron chi connectivity index (χ2n) is 5.36. The molecule has 0 bridgehead atoms. The van der Waals surface area contributed by atoms with E-state index in [0.29, 0.717) is 11.4 Å². The average molecular weight is 350 g/mol. The van der Waals surface area contributed by atoms with Crippen LogP contribution in [0, 0.1) is 0 Å². The molecule has 0 saturated heterocycles. The molecule has 2 rings (SSSR count). The first-order valence-electron chi connectivity index (χ1n) is 7.46. The minimum Gasteiger partial charge on any atom is -0.349 e. The van der Waals surface area contributed by atoms with Crippen molar-refractivity contribution in [2.24, 2.45) is 0 Å². The smallest absolute Gasteiger partial charge is 0.224 e. The highest BCUT2D eigenvalue weighted by Gasteiger charge is 2.13. The molecule has 23 heavy (non-hydrogen) atoms. The van der Waals surface area contributed by atoms with Gasteiger partial charge in [0.25, 0.3) is 0 Å². The minimum atomic E-state index is -1.00. The highest BCUT2D eigenvalue weighted by molar-refractivity contribution is 7.84. The molecule has 2 aromatic rings. The highest BCUT2D eigenvalue weighted by Crippen LogP contribution is 2.20. The molecular formula is C18H20ClNO2S. The molecule has 0 radical (unpaired) electrons. The molecule has 0 aliphatic carbocycles. The van der Waals surface area contributed by atoms with Crippen LogP contribution in [0.2, 0.25) is 5.02 Å². The normalized spacial score (nSPS) is 13.3. The molecule has 0 aromatic heterocycles. The van der Waals surface area contributed by atoms with Gasteiger partial charge in [0.2, 0.25) is 5.91 Å². The van der Waals surface area contributed by atoms with E-state index in [-0.39, 0.29) is 11.9 Å². The third-order valence-corrected chi connectivity index (χ3v) is 4.79. The Balaban J connectivity index is 2.01. The number of amides is 1. The molecule has 122 valence electrons. The van der Waals surface area contributed by atoms with E-state index in [1.54, 1.807) is 18.4 Å². The number of hydrogen-bond donors (Lipinski definition) is 1. The van der Waals surface area contributed by atoms with E-state index < -0.39 is 10.8 Å². The fourth-order valence-corrected chi connectivity index (χ4v) is 3.09. The predicted octanol–water partition coefficient (Wildman–Crippen LogP) is 3.89. The van der Waals surface area contributed by atoms with E-state index in [1.807, 2.05) is 43.3 Å². The Bertz CT molecular complexity index is 700. The summed E-state index contributed by atoms with van der Waals surface area (Å²) in [5, 5.41) is 3.70. The number of benzene rings is 2. The molecule has 1 amide bonds. The number of hydrogen-bond acceptors (Lipinski definition) is 2. The first-order chi connectivity index (χ1) is 11.0. The van der Waals surface area contributed by atoms with Crippen LogP contribution in [0.1, 0.15) is 30.5 Å². The largest absolute Gasteiger partial charge is 0.349 e. The van der Waals surface area contributed by atoms with Crippen molar-refractivity contribution in [2.75, 3.05) is 6.26 Å². The van der Waals surface area contributed by atoms with E-state index in [1.165, 1.54) is 0 Å². The number of halogens is 1. The zero-order chi connectivity index (χ0) is 16.8. The van der Waals surface area contributed by atoms with E-state index >= 15 is 0 Å². The number of carbonyl (C=O) groups is 1. The summed E-state index contributed by atoms with van der Waals surface area (Å²) in [6.07, 6.45) is 2.73. The Morgan fingerprint density at radius 2 is 1.91 bits per heavy atom. The maximum Gasteiger partial charge on any atom is 0.224 e. The molecule has 1 N–H and O–H groups in total. The molecule has 0 heterocycles. The van der Waals surface area contributed by atoms with Crippen LogP contribution in [0.3, 0.4) is 0 Å². The van der Waals surface area contributed by atoms with E-state index in [9.17, 15) is 9.00 Å². The third-order valence-electron chi connectivity index (χ3n) is 3.61. The molecule has 3 nitrogen and oxygen atoms in total. The Hall–Kier alpha value is -1.65. The minimum absolute atomic E-state index is 0.0396. The lowest BCUT2D eigenvalue weighted by atomic mass is 10.0. The Kier molecular flexibility index (Phi) is 6.37. The third kappa shape index (κ3) is 5.19. The number of carbonyl (C=O) groups excluding carboxylic acids is 1. The maximum absolute atomic E-state index is 12.3. The quantitative estimate of drug-likeness (QED) is 0.860. The van der Waals surface area contributed by atoms with Crippen molar-refractivity contribution in [2.45, 2.75) is 30.7 Å². The Labute approximate surface area is 144 Å². The fraction of sp³-hybridized carbons (Fsp3) is 0.278. The molecule has 0 spiro atoms. The monoisotopic (exact) mass is 349 g/mol. The Morgan fingerprint density at radius 1 is 1.22 bits per heavy atom. The van der Waals surface area contributed by atoms with Crippen LogP contribution in [-0.2, 0) is 22.0 Å². The number of nitrogens with one attached hydrogen (secondary N) is 1. The van der Waals surface area contributed by atoms with Crippen LogP contribution < -0.4 is 5.32 Å². The first-order valence-corrected chi connectivity index (χ1v) is 9.40. The van der Waals surface area contributed by atoms with Gasteiger partial charge in [-0.3, -0.25) is 9.00 Å². The van der Waals surface area contributed by atoms with Crippen LogP contribution in [0.15, 0.2) is 53.4 Å². The Morgan fingerprint density at radius 3 is 2.48 bits per heavy atom. The van der Waals surface area contributed by atoms with Gasteiger partial charge in [-0.2, -0.15) is 0 Å². The molecule has 2 aromatic carbocycles. The molecule has 0 fully saturated rings. The molecule has 0 aliphatic rings. The molecule has 0 unspecified atom stereocenters. The van der Waals surface area contributed by atoms with Crippen LogP contribution in [0.25, 0.3) is 0 Å². The molecule has 0 saturated carbocycles. The molecule has 5 heteroatoms. The van der Waals surface area contributed by atoms with Crippen molar-refractivity contribution in [1.29, 1.82) is 0 Å². The van der Waals surface area contributed by atoms with Crippen LogP contribution in [-0.4, -0.2) is 16.4 Å². The van der Waals surface area contributed by atoms with Crippen molar-refractivity contribution < 1.29 is 9.00 Å². The summed E-state index contributed by atoms with van der Waals surface area (Å²) < 4.78 is 11.4. The predicted molar refractivity (Wildman–Crippen MR) is 95.1 cm³/mol. The van der Waals surface area contributed by atoms with Gasteiger partial charge in [0.05, 0.1) is 12.5 Å². The molecule has 2 atom stereocenters. The van der Waals surface area contributed by atoms with Gasteiger partial charge in [-0.25, -0.2) is 0 Å². The van der Waals surface area contributed by atoms with Crippen molar-refractivity contribution in [1.82, 2.24) is 5.32 Å². The molecule has 0 aliphatic heterocycles. The zero-order valence-corrected chi connectivity index (χ0v) is 14.8. The summed E-state index contributed by atoms with van der Waals surface area (Å²) in [7, 11) is -1.00.